The van der Waals surface area contributed by atoms with Crippen LogP contribution in [0.2, 0.25) is 5.02 Å². The highest BCUT2D eigenvalue weighted by molar-refractivity contribution is 7.99. The summed E-state index contributed by atoms with van der Waals surface area (Å²) in [5, 5.41) is 5.69. The van der Waals surface area contributed by atoms with E-state index in [0.29, 0.717) is 43.2 Å². The van der Waals surface area contributed by atoms with Crippen molar-refractivity contribution in [3.63, 3.8) is 0 Å². The van der Waals surface area contributed by atoms with Crippen molar-refractivity contribution in [2.24, 2.45) is 16.3 Å². The number of aryl methyl sites for hydroxylation is 2. The minimum Gasteiger partial charge on any atom is -0.448 e. The number of thiophene rings is 1. The third kappa shape index (κ3) is 6.62. The second kappa shape index (κ2) is 11.3. The lowest BCUT2D eigenvalue weighted by molar-refractivity contribution is 0.102. The fourth-order valence-corrected chi connectivity index (χ4v) is 7.00. The molecule has 9 heteroatoms. The number of carbonyl (C=O) groups excluding carboxylic acids is 1. The van der Waals surface area contributed by atoms with E-state index in [-0.39, 0.29) is 11.3 Å². The Balaban J connectivity index is 1.42. The smallest absolute Gasteiger partial charge is 0.259 e. The van der Waals surface area contributed by atoms with Crippen LogP contribution in [0.3, 0.4) is 0 Å². The van der Waals surface area contributed by atoms with Gasteiger partial charge in [-0.1, -0.05) is 32.4 Å². The molecule has 4 aromatic rings. The number of aliphatic imine (C=N–C) groups is 1. The number of hydrogen-bond acceptors (Lipinski definition) is 7. The molecule has 0 saturated heterocycles. The van der Waals surface area contributed by atoms with Crippen LogP contribution in [-0.2, 0) is 12.8 Å². The molecule has 0 spiro atoms. The number of amides is 1. The first-order valence-corrected chi connectivity index (χ1v) is 14.9. The summed E-state index contributed by atoms with van der Waals surface area (Å²) < 4.78 is 5.99. The van der Waals surface area contributed by atoms with Crippen LogP contribution in [0.1, 0.15) is 65.1 Å². The number of aromatic nitrogens is 2. The van der Waals surface area contributed by atoms with Gasteiger partial charge in [0, 0.05) is 27.0 Å². The quantitative estimate of drug-likeness (QED) is 0.183. The van der Waals surface area contributed by atoms with E-state index in [1.165, 1.54) is 16.6 Å². The zero-order chi connectivity index (χ0) is 27.7. The van der Waals surface area contributed by atoms with Gasteiger partial charge in [-0.25, -0.2) is 15.0 Å². The first-order chi connectivity index (χ1) is 18.5. The summed E-state index contributed by atoms with van der Waals surface area (Å²) in [6.07, 6.45) is 4.56. The van der Waals surface area contributed by atoms with Crippen LogP contribution in [0.25, 0.3) is 0 Å². The first kappa shape index (κ1) is 27.6. The van der Waals surface area contributed by atoms with Gasteiger partial charge < -0.3 is 9.73 Å². The number of nitrogens with one attached hydrogen (secondary N) is 1. The maximum absolute atomic E-state index is 13.6. The molecular formula is C30H31ClN4O2S2. The van der Waals surface area contributed by atoms with Crippen molar-refractivity contribution in [3.05, 3.63) is 80.6 Å². The number of fused-ring (bicyclic) bond motifs is 1. The molecule has 6 nitrogen and oxygen atoms in total. The van der Waals surface area contributed by atoms with Gasteiger partial charge in [-0.2, -0.15) is 0 Å². The van der Waals surface area contributed by atoms with E-state index in [1.807, 2.05) is 32.0 Å². The Morgan fingerprint density at radius 2 is 1.87 bits per heavy atom. The molecule has 1 atom stereocenters. The van der Waals surface area contributed by atoms with E-state index in [4.69, 9.17) is 21.0 Å². The number of nitrogens with zero attached hydrogens (tertiary/aromatic N) is 3. The highest BCUT2D eigenvalue weighted by Gasteiger charge is 2.33. The van der Waals surface area contributed by atoms with E-state index in [1.54, 1.807) is 41.8 Å². The molecule has 202 valence electrons. The minimum absolute atomic E-state index is 0.154. The van der Waals surface area contributed by atoms with Gasteiger partial charge in [-0.05, 0) is 104 Å². The Morgan fingerprint density at radius 1 is 1.15 bits per heavy atom. The van der Waals surface area contributed by atoms with Crippen LogP contribution >= 0.6 is 34.7 Å². The number of benzene rings is 1. The van der Waals surface area contributed by atoms with Crippen molar-refractivity contribution in [1.29, 1.82) is 0 Å². The molecule has 1 amide bonds. The molecule has 0 unspecified atom stereocenters. The summed E-state index contributed by atoms with van der Waals surface area (Å²) >= 11 is 9.01. The fraction of sp³-hybridized carbons (Fsp3) is 0.333. The van der Waals surface area contributed by atoms with E-state index in [2.05, 4.69) is 36.1 Å². The number of furan rings is 1. The monoisotopic (exact) mass is 578 g/mol. The lowest BCUT2D eigenvalue weighted by Gasteiger charge is -2.33. The van der Waals surface area contributed by atoms with E-state index >= 15 is 0 Å². The molecule has 5 rings (SSSR count). The van der Waals surface area contributed by atoms with Crippen molar-refractivity contribution in [2.75, 3.05) is 5.32 Å². The number of rotatable bonds is 6. The van der Waals surface area contributed by atoms with Crippen LogP contribution in [0, 0.1) is 25.2 Å². The molecule has 1 aliphatic rings. The largest absolute Gasteiger partial charge is 0.448 e. The maximum Gasteiger partial charge on any atom is 0.259 e. The summed E-state index contributed by atoms with van der Waals surface area (Å²) in [5.41, 5.74) is 4.50. The van der Waals surface area contributed by atoms with E-state index in [0.717, 1.165) is 36.2 Å². The zero-order valence-electron chi connectivity index (χ0n) is 22.7. The Kier molecular flexibility index (Phi) is 7.99. The average Bonchev–Trinajstić information content (AvgIpc) is 3.46. The van der Waals surface area contributed by atoms with Gasteiger partial charge in [0.15, 0.2) is 10.2 Å². The zero-order valence-corrected chi connectivity index (χ0v) is 25.1. The van der Waals surface area contributed by atoms with Gasteiger partial charge in [0.05, 0.1) is 11.8 Å². The minimum atomic E-state index is -0.154. The summed E-state index contributed by atoms with van der Waals surface area (Å²) in [6, 6.07) is 12.8. The van der Waals surface area contributed by atoms with Crippen LogP contribution in [0.5, 0.6) is 0 Å². The summed E-state index contributed by atoms with van der Waals surface area (Å²) in [7, 11) is 0. The normalized spacial score (nSPS) is 15.5. The summed E-state index contributed by atoms with van der Waals surface area (Å²) in [5.74, 6) is 1.01. The van der Waals surface area contributed by atoms with Crippen molar-refractivity contribution >= 4 is 57.5 Å². The molecular weight excluding hydrogens is 548 g/mol. The highest BCUT2D eigenvalue weighted by Crippen LogP contribution is 2.45. The Labute approximate surface area is 242 Å². The molecule has 1 aliphatic carbocycles. The third-order valence-corrected chi connectivity index (χ3v) is 9.07. The summed E-state index contributed by atoms with van der Waals surface area (Å²) in [6.45, 7) is 10.8. The van der Waals surface area contributed by atoms with Gasteiger partial charge in [0.2, 0.25) is 0 Å². The fourth-order valence-electron chi connectivity index (χ4n) is 4.77. The molecule has 1 aromatic carbocycles. The summed E-state index contributed by atoms with van der Waals surface area (Å²) in [4.78, 5) is 28.5. The van der Waals surface area contributed by atoms with E-state index < -0.39 is 0 Å². The number of hydrogen-bond donors (Lipinski definition) is 1. The predicted molar refractivity (Wildman–Crippen MR) is 160 cm³/mol. The van der Waals surface area contributed by atoms with Crippen molar-refractivity contribution in [2.45, 2.75) is 64.1 Å². The standard InChI is InChI=1S/C30H31ClN4O2S2/c1-17-14-18(2)34-29(33-17)39-25-13-11-22(37-25)16-32-28-26(27(36)35-21-9-7-20(31)8-10-21)23-12-6-19(30(3,4)5)15-24(23)38-28/h7-11,13-14,16,19H,6,12,15H2,1-5H3,(H,35,36)/t19-/m0/s1. The number of anilines is 1. The Morgan fingerprint density at radius 3 is 2.56 bits per heavy atom. The lowest BCUT2D eigenvalue weighted by Crippen LogP contribution is -2.27. The van der Waals surface area contributed by atoms with Crippen molar-refractivity contribution < 1.29 is 9.21 Å². The van der Waals surface area contributed by atoms with Crippen LogP contribution in [-0.4, -0.2) is 22.1 Å². The molecule has 39 heavy (non-hydrogen) atoms. The molecule has 0 saturated carbocycles. The first-order valence-electron chi connectivity index (χ1n) is 12.9. The molecule has 1 N–H and O–H groups in total. The number of carbonyl (C=O) groups is 1. The average molecular weight is 579 g/mol. The second-order valence-electron chi connectivity index (χ2n) is 10.9. The van der Waals surface area contributed by atoms with Gasteiger partial charge in [0.25, 0.3) is 5.91 Å². The third-order valence-electron chi connectivity index (χ3n) is 6.87. The lowest BCUT2D eigenvalue weighted by atomic mass is 9.72. The van der Waals surface area contributed by atoms with E-state index in [9.17, 15) is 4.79 Å². The van der Waals surface area contributed by atoms with Gasteiger partial charge in [-0.3, -0.25) is 4.79 Å². The van der Waals surface area contributed by atoms with Crippen LogP contribution in [0.4, 0.5) is 10.7 Å². The molecule has 3 heterocycles. The Hall–Kier alpha value is -2.94. The maximum atomic E-state index is 13.6. The van der Waals surface area contributed by atoms with Crippen LogP contribution in [0.15, 0.2) is 62.1 Å². The SMILES string of the molecule is Cc1cc(C)nc(Sc2ccc(C=Nc3sc4c(c3C(=O)Nc3ccc(Cl)cc3)CC[C@H](C(C)(C)C)C4)o2)n1. The molecule has 0 aliphatic heterocycles. The van der Waals surface area contributed by atoms with Gasteiger partial charge in [-0.15, -0.1) is 11.3 Å². The molecule has 3 aromatic heterocycles. The molecule has 0 radical (unpaired) electrons. The number of halogens is 1. The van der Waals surface area contributed by atoms with Crippen molar-refractivity contribution in [1.82, 2.24) is 9.97 Å². The topological polar surface area (TPSA) is 80.4 Å². The van der Waals surface area contributed by atoms with Crippen LogP contribution < -0.4 is 5.32 Å². The highest BCUT2D eigenvalue weighted by atomic mass is 35.5. The molecule has 0 bridgehead atoms. The van der Waals surface area contributed by atoms with Gasteiger partial charge in [0.1, 0.15) is 10.8 Å². The van der Waals surface area contributed by atoms with Crippen molar-refractivity contribution in [3.8, 4) is 0 Å². The second-order valence-corrected chi connectivity index (χ2v) is 13.4. The Bertz CT molecular complexity index is 1510. The van der Waals surface area contributed by atoms with Gasteiger partial charge >= 0.3 is 0 Å². The molecule has 0 fully saturated rings. The predicted octanol–water partition coefficient (Wildman–Crippen LogP) is 8.71.